The molecule has 112 valence electrons. The minimum Gasteiger partial charge on any atom is -0.480 e. The maximum absolute atomic E-state index is 12.8. The van der Waals surface area contributed by atoms with Crippen LogP contribution in [-0.4, -0.2) is 35.9 Å². The molecule has 0 bridgehead atoms. The van der Waals surface area contributed by atoms with Crippen molar-refractivity contribution in [2.45, 2.75) is 32.1 Å². The van der Waals surface area contributed by atoms with Gasteiger partial charge in [0.1, 0.15) is 11.4 Å². The quantitative estimate of drug-likeness (QED) is 0.870. The van der Waals surface area contributed by atoms with Crippen LogP contribution in [0.25, 0.3) is 0 Å². The van der Waals surface area contributed by atoms with Crippen molar-refractivity contribution >= 4 is 16.0 Å². The molecule has 0 radical (unpaired) electrons. The molecule has 0 saturated carbocycles. The summed E-state index contributed by atoms with van der Waals surface area (Å²) < 4.78 is 38.4. The van der Waals surface area contributed by atoms with Crippen molar-refractivity contribution in [2.75, 3.05) is 6.54 Å². The number of hydrogen-bond acceptors (Lipinski definition) is 3. The van der Waals surface area contributed by atoms with Gasteiger partial charge >= 0.3 is 5.97 Å². The summed E-state index contributed by atoms with van der Waals surface area (Å²) >= 11 is 0. The summed E-state index contributed by atoms with van der Waals surface area (Å²) in [6.45, 7) is 4.29. The molecule has 5 nitrogen and oxygen atoms in total. The largest absolute Gasteiger partial charge is 0.480 e. The Hall–Kier alpha value is -1.47. The highest BCUT2D eigenvalue weighted by molar-refractivity contribution is 7.88. The normalized spacial score (nSPS) is 12.7. The number of carbonyl (C=O) groups is 1. The second-order valence-electron chi connectivity index (χ2n) is 4.91. The molecule has 0 aliphatic rings. The fourth-order valence-corrected chi connectivity index (χ4v) is 3.85. The predicted octanol–water partition coefficient (Wildman–Crippen LogP) is 1.84. The van der Waals surface area contributed by atoms with Crippen LogP contribution in [0.1, 0.15) is 26.3 Å². The average Bonchev–Trinajstić information content (AvgIpc) is 2.31. The molecule has 0 aliphatic heterocycles. The van der Waals surface area contributed by atoms with Gasteiger partial charge in [0.25, 0.3) is 0 Å². The van der Waals surface area contributed by atoms with E-state index in [0.717, 1.165) is 4.31 Å². The molecule has 1 rings (SSSR count). The van der Waals surface area contributed by atoms with Gasteiger partial charge in [0.2, 0.25) is 10.0 Å². The molecule has 1 N–H and O–H groups in total. The van der Waals surface area contributed by atoms with E-state index in [-0.39, 0.29) is 12.3 Å². The Kier molecular flexibility index (Phi) is 4.88. The number of likely N-dealkylation sites (N-methyl/N-ethyl adjacent to an activating group) is 1. The molecule has 0 saturated heterocycles. The molecule has 1 aromatic carbocycles. The van der Waals surface area contributed by atoms with Gasteiger partial charge in [-0.05, 0) is 31.5 Å². The van der Waals surface area contributed by atoms with Gasteiger partial charge < -0.3 is 5.11 Å². The summed E-state index contributed by atoms with van der Waals surface area (Å²) in [6, 6.07) is 5.08. The first-order valence-electron chi connectivity index (χ1n) is 6.09. The van der Waals surface area contributed by atoms with Crippen LogP contribution < -0.4 is 0 Å². The van der Waals surface area contributed by atoms with Crippen LogP contribution in [0, 0.1) is 5.82 Å². The number of benzene rings is 1. The number of halogens is 1. The Morgan fingerprint density at radius 3 is 2.20 bits per heavy atom. The number of carboxylic acid groups (broad SMARTS) is 1. The van der Waals surface area contributed by atoms with Gasteiger partial charge in [-0.25, -0.2) is 12.8 Å². The zero-order chi connectivity index (χ0) is 15.6. The van der Waals surface area contributed by atoms with Gasteiger partial charge in [0.15, 0.2) is 0 Å². The molecule has 0 atom stereocenters. The van der Waals surface area contributed by atoms with E-state index in [9.17, 15) is 17.6 Å². The summed E-state index contributed by atoms with van der Waals surface area (Å²) in [5.41, 5.74) is -1.13. The first-order valence-corrected chi connectivity index (χ1v) is 7.70. The van der Waals surface area contributed by atoms with E-state index in [2.05, 4.69) is 0 Å². The number of carboxylic acids is 1. The van der Waals surface area contributed by atoms with E-state index in [0.29, 0.717) is 5.56 Å². The maximum Gasteiger partial charge on any atom is 0.324 e. The predicted molar refractivity (Wildman–Crippen MR) is 73.1 cm³/mol. The molecule has 1 aromatic rings. The highest BCUT2D eigenvalue weighted by Crippen LogP contribution is 2.22. The number of nitrogens with zero attached hydrogens (tertiary/aromatic N) is 1. The van der Waals surface area contributed by atoms with Crippen LogP contribution in [0.3, 0.4) is 0 Å². The third kappa shape index (κ3) is 3.55. The standard InChI is InChI=1S/C13H18FNO4S/c1-4-15(13(2,3)12(16)17)20(18,19)9-10-5-7-11(14)8-6-10/h5-8H,4,9H2,1-3H3,(H,16,17). The fourth-order valence-electron chi connectivity index (χ4n) is 1.92. The van der Waals surface area contributed by atoms with E-state index in [1.54, 1.807) is 6.92 Å². The zero-order valence-electron chi connectivity index (χ0n) is 11.6. The van der Waals surface area contributed by atoms with Gasteiger partial charge in [-0.15, -0.1) is 0 Å². The van der Waals surface area contributed by atoms with Gasteiger partial charge in [-0.1, -0.05) is 19.1 Å². The van der Waals surface area contributed by atoms with Crippen molar-refractivity contribution < 1.29 is 22.7 Å². The van der Waals surface area contributed by atoms with Crippen molar-refractivity contribution in [3.8, 4) is 0 Å². The number of hydrogen-bond donors (Lipinski definition) is 1. The smallest absolute Gasteiger partial charge is 0.324 e. The van der Waals surface area contributed by atoms with Crippen LogP contribution in [0.2, 0.25) is 0 Å². The lowest BCUT2D eigenvalue weighted by Gasteiger charge is -2.33. The fraction of sp³-hybridized carbons (Fsp3) is 0.462. The Morgan fingerprint density at radius 2 is 1.80 bits per heavy atom. The second-order valence-corrected chi connectivity index (χ2v) is 6.80. The molecule has 0 amide bonds. The van der Waals surface area contributed by atoms with Crippen molar-refractivity contribution in [1.82, 2.24) is 4.31 Å². The number of rotatable bonds is 6. The molecule has 0 aromatic heterocycles. The van der Waals surface area contributed by atoms with Crippen molar-refractivity contribution in [2.24, 2.45) is 0 Å². The third-order valence-corrected chi connectivity index (χ3v) is 5.12. The van der Waals surface area contributed by atoms with Gasteiger partial charge in [-0.2, -0.15) is 4.31 Å². The van der Waals surface area contributed by atoms with Crippen LogP contribution in [0.15, 0.2) is 24.3 Å². The minimum absolute atomic E-state index is 0.0445. The lowest BCUT2D eigenvalue weighted by Crippen LogP contribution is -2.53. The van der Waals surface area contributed by atoms with Gasteiger partial charge in [0, 0.05) is 6.54 Å². The SMILES string of the molecule is CCN(C(C)(C)C(=O)O)S(=O)(=O)Cc1ccc(F)cc1. The summed E-state index contributed by atoms with van der Waals surface area (Å²) in [4.78, 5) is 11.2. The Bertz CT molecular complexity index is 581. The van der Waals surface area contributed by atoms with Gasteiger partial charge in [-0.3, -0.25) is 4.79 Å². The Labute approximate surface area is 118 Å². The van der Waals surface area contributed by atoms with Crippen LogP contribution >= 0.6 is 0 Å². The molecule has 0 aliphatic carbocycles. The molecule has 0 fully saturated rings. The second kappa shape index (κ2) is 5.88. The highest BCUT2D eigenvalue weighted by atomic mass is 32.2. The molecule has 0 spiro atoms. The molecule has 0 heterocycles. The van der Waals surface area contributed by atoms with Gasteiger partial charge in [0.05, 0.1) is 5.75 Å². The molecule has 0 unspecified atom stereocenters. The molecule has 20 heavy (non-hydrogen) atoms. The van der Waals surface area contributed by atoms with Crippen molar-refractivity contribution in [3.05, 3.63) is 35.6 Å². The lowest BCUT2D eigenvalue weighted by molar-refractivity contribution is -0.146. The molecular formula is C13H18FNO4S. The molecular weight excluding hydrogens is 285 g/mol. The van der Waals surface area contributed by atoms with Crippen LogP contribution in [0.4, 0.5) is 4.39 Å². The number of aliphatic carboxylic acids is 1. The summed E-state index contributed by atoms with van der Waals surface area (Å²) in [5, 5.41) is 9.15. The average molecular weight is 303 g/mol. The van der Waals surface area contributed by atoms with Crippen molar-refractivity contribution in [1.29, 1.82) is 0 Å². The monoisotopic (exact) mass is 303 g/mol. The third-order valence-electron chi connectivity index (χ3n) is 3.03. The van der Waals surface area contributed by atoms with E-state index in [1.165, 1.54) is 38.1 Å². The lowest BCUT2D eigenvalue weighted by atomic mass is 10.1. The summed E-state index contributed by atoms with van der Waals surface area (Å²) in [7, 11) is -3.81. The summed E-state index contributed by atoms with van der Waals surface area (Å²) in [5.74, 6) is -2.04. The zero-order valence-corrected chi connectivity index (χ0v) is 12.4. The van der Waals surface area contributed by atoms with Crippen molar-refractivity contribution in [3.63, 3.8) is 0 Å². The van der Waals surface area contributed by atoms with E-state index in [4.69, 9.17) is 5.11 Å². The van der Waals surface area contributed by atoms with E-state index >= 15 is 0 Å². The molecule has 7 heteroatoms. The van der Waals surface area contributed by atoms with Crippen LogP contribution in [0.5, 0.6) is 0 Å². The van der Waals surface area contributed by atoms with E-state index < -0.39 is 27.3 Å². The van der Waals surface area contributed by atoms with Crippen LogP contribution in [-0.2, 0) is 20.6 Å². The highest BCUT2D eigenvalue weighted by Gasteiger charge is 2.40. The summed E-state index contributed by atoms with van der Waals surface area (Å²) in [6.07, 6.45) is 0. The number of sulfonamides is 1. The minimum atomic E-state index is -3.81. The first kappa shape index (κ1) is 16.6. The first-order chi connectivity index (χ1) is 9.11. The van der Waals surface area contributed by atoms with E-state index in [1.807, 2.05) is 0 Å². The topological polar surface area (TPSA) is 74.7 Å². The Morgan fingerprint density at radius 1 is 1.30 bits per heavy atom. The maximum atomic E-state index is 12.8. The Balaban J connectivity index is 3.08.